The number of anilines is 2. The number of amides is 1. The quantitative estimate of drug-likeness (QED) is 0.114. The number of benzene rings is 3. The van der Waals surface area contributed by atoms with Gasteiger partial charge < -0.3 is 14.5 Å². The van der Waals surface area contributed by atoms with E-state index in [0.717, 1.165) is 45.6 Å². The van der Waals surface area contributed by atoms with Crippen LogP contribution in [0.1, 0.15) is 29.2 Å². The highest BCUT2D eigenvalue weighted by Gasteiger charge is 2.36. The van der Waals surface area contributed by atoms with Crippen LogP contribution in [-0.4, -0.2) is 65.0 Å². The Bertz CT molecular complexity index is 1800. The van der Waals surface area contributed by atoms with Crippen molar-refractivity contribution in [2.24, 2.45) is 0 Å². The summed E-state index contributed by atoms with van der Waals surface area (Å²) in [5, 5.41) is -0.171. The fraction of sp³-hybridized carbons (Fsp3) is 0.290. The number of likely N-dealkylation sites (N-methyl/N-ethyl adjacent to an activating group) is 1. The van der Waals surface area contributed by atoms with Gasteiger partial charge in [0.25, 0.3) is 10.0 Å². The third kappa shape index (κ3) is 8.01. The Hall–Kier alpha value is -4.24. The van der Waals surface area contributed by atoms with Gasteiger partial charge in [-0.2, -0.15) is 26.3 Å². The molecular formula is C31H28ClF6N3O5S. The zero-order valence-electron chi connectivity index (χ0n) is 24.9. The van der Waals surface area contributed by atoms with E-state index in [-0.39, 0.29) is 54.6 Å². The number of alkyl halides is 6. The van der Waals surface area contributed by atoms with Crippen LogP contribution in [0.3, 0.4) is 0 Å². The second kappa shape index (κ2) is 13.9. The van der Waals surface area contributed by atoms with Crippen LogP contribution in [0.25, 0.3) is 12.2 Å². The van der Waals surface area contributed by atoms with Crippen LogP contribution >= 0.6 is 11.6 Å². The van der Waals surface area contributed by atoms with Gasteiger partial charge in [0.05, 0.1) is 40.5 Å². The molecule has 252 valence electrons. The highest BCUT2D eigenvalue weighted by Crippen LogP contribution is 2.40. The van der Waals surface area contributed by atoms with E-state index in [1.165, 1.54) is 37.4 Å². The lowest BCUT2D eigenvalue weighted by atomic mass is 10.0. The molecule has 0 spiro atoms. The van der Waals surface area contributed by atoms with E-state index in [9.17, 15) is 44.3 Å². The first-order valence-electron chi connectivity index (χ1n) is 14.0. The number of fused-ring (bicyclic) bond motifs is 1. The average molecular weight is 704 g/mol. The zero-order chi connectivity index (χ0) is 34.7. The van der Waals surface area contributed by atoms with Gasteiger partial charge in [0.1, 0.15) is 0 Å². The summed E-state index contributed by atoms with van der Waals surface area (Å²) < 4.78 is 114. The number of ether oxygens (including phenoxy) is 1. The summed E-state index contributed by atoms with van der Waals surface area (Å²) in [6.45, 7) is 1.51. The summed E-state index contributed by atoms with van der Waals surface area (Å²) in [5.41, 5.74) is -1.86. The van der Waals surface area contributed by atoms with E-state index in [0.29, 0.717) is 11.8 Å². The minimum atomic E-state index is -4.80. The molecule has 0 atom stereocenters. The Morgan fingerprint density at radius 3 is 2.30 bits per heavy atom. The minimum Gasteiger partial charge on any atom is -0.459 e. The van der Waals surface area contributed by atoms with Gasteiger partial charge in [0, 0.05) is 37.3 Å². The standard InChI is InChI=1S/C31H28ClF6N3O5S/c1-3-46-29(43)28(42)39(2)14-15-40-16-17-41(47(44,45)22-7-4-6-21(19-22)30(33,34)35)27-18-20(11-13-26(27)40)10-12-23-24(31(36,37)38)8-5-9-25(23)32/h4-13,18-19H,3,14-17H2,1-2H3/b12-10+. The van der Waals surface area contributed by atoms with E-state index in [2.05, 4.69) is 0 Å². The fourth-order valence-electron chi connectivity index (χ4n) is 4.86. The average Bonchev–Trinajstić information content (AvgIpc) is 3.01. The number of esters is 1. The third-order valence-electron chi connectivity index (χ3n) is 7.23. The number of halogens is 7. The van der Waals surface area contributed by atoms with Crippen molar-refractivity contribution in [1.82, 2.24) is 4.90 Å². The number of carbonyl (C=O) groups excluding carboxylic acids is 2. The minimum absolute atomic E-state index is 0.00112. The molecule has 1 amide bonds. The molecule has 0 aromatic heterocycles. The highest BCUT2D eigenvalue weighted by molar-refractivity contribution is 7.92. The Morgan fingerprint density at radius 1 is 0.936 bits per heavy atom. The lowest BCUT2D eigenvalue weighted by Crippen LogP contribution is -2.47. The summed E-state index contributed by atoms with van der Waals surface area (Å²) in [7, 11) is -3.19. The van der Waals surface area contributed by atoms with E-state index < -0.39 is 50.3 Å². The van der Waals surface area contributed by atoms with Gasteiger partial charge >= 0.3 is 24.2 Å². The molecule has 0 saturated heterocycles. The molecule has 1 aliphatic rings. The molecule has 16 heteroatoms. The van der Waals surface area contributed by atoms with Crippen molar-refractivity contribution >= 4 is 57.0 Å². The van der Waals surface area contributed by atoms with Crippen LogP contribution < -0.4 is 9.21 Å². The first kappa shape index (κ1) is 35.6. The molecule has 3 aromatic carbocycles. The largest absolute Gasteiger partial charge is 0.459 e. The lowest BCUT2D eigenvalue weighted by molar-refractivity contribution is -0.159. The van der Waals surface area contributed by atoms with Crippen LogP contribution in [0, 0.1) is 0 Å². The Morgan fingerprint density at radius 2 is 1.64 bits per heavy atom. The molecule has 4 rings (SSSR count). The number of sulfonamides is 1. The van der Waals surface area contributed by atoms with Crippen molar-refractivity contribution in [3.8, 4) is 0 Å². The molecule has 0 bridgehead atoms. The summed E-state index contributed by atoms with van der Waals surface area (Å²) in [4.78, 5) is 26.4. The molecule has 3 aromatic rings. The lowest BCUT2D eigenvalue weighted by Gasteiger charge is -2.39. The normalized spacial score (nSPS) is 13.9. The molecule has 0 unspecified atom stereocenters. The summed E-state index contributed by atoms with van der Waals surface area (Å²) in [6.07, 6.45) is -7.08. The number of nitrogens with zero attached hydrogens (tertiary/aromatic N) is 3. The van der Waals surface area contributed by atoms with Crippen molar-refractivity contribution < 1.29 is 49.1 Å². The maximum Gasteiger partial charge on any atom is 0.417 e. The molecule has 0 saturated carbocycles. The predicted molar refractivity (Wildman–Crippen MR) is 164 cm³/mol. The maximum atomic E-state index is 13.8. The van der Waals surface area contributed by atoms with Crippen molar-refractivity contribution in [3.63, 3.8) is 0 Å². The first-order valence-corrected chi connectivity index (χ1v) is 15.8. The molecule has 0 radical (unpaired) electrons. The maximum absolute atomic E-state index is 13.8. The Kier molecular flexibility index (Phi) is 10.5. The first-order chi connectivity index (χ1) is 21.9. The van der Waals surface area contributed by atoms with Crippen molar-refractivity contribution in [2.75, 3.05) is 49.0 Å². The molecule has 0 N–H and O–H groups in total. The van der Waals surface area contributed by atoms with Crippen LogP contribution in [0.2, 0.25) is 5.02 Å². The second-order valence-corrected chi connectivity index (χ2v) is 12.6. The van der Waals surface area contributed by atoms with Crippen LogP contribution in [0.4, 0.5) is 37.7 Å². The van der Waals surface area contributed by atoms with Gasteiger partial charge in [-0.3, -0.25) is 9.10 Å². The van der Waals surface area contributed by atoms with Gasteiger partial charge in [-0.15, -0.1) is 0 Å². The van der Waals surface area contributed by atoms with Gasteiger partial charge in [0.15, 0.2) is 0 Å². The predicted octanol–water partition coefficient (Wildman–Crippen LogP) is 6.58. The smallest absolute Gasteiger partial charge is 0.417 e. The summed E-state index contributed by atoms with van der Waals surface area (Å²) >= 11 is 6.07. The fourth-order valence-corrected chi connectivity index (χ4v) is 6.61. The molecule has 0 aliphatic carbocycles. The topological polar surface area (TPSA) is 87.2 Å². The number of rotatable bonds is 8. The number of carbonyl (C=O) groups is 2. The van der Waals surface area contributed by atoms with Crippen molar-refractivity contribution in [1.29, 1.82) is 0 Å². The van der Waals surface area contributed by atoms with Crippen LogP contribution in [0.5, 0.6) is 0 Å². The van der Waals surface area contributed by atoms with Crippen molar-refractivity contribution in [2.45, 2.75) is 24.2 Å². The molecular weight excluding hydrogens is 676 g/mol. The Balaban J connectivity index is 1.75. The van der Waals surface area contributed by atoms with E-state index >= 15 is 0 Å². The van der Waals surface area contributed by atoms with Gasteiger partial charge in [-0.1, -0.05) is 42.0 Å². The summed E-state index contributed by atoms with van der Waals surface area (Å²) in [6, 6.07) is 11.0. The van der Waals surface area contributed by atoms with E-state index in [4.69, 9.17) is 16.3 Å². The van der Waals surface area contributed by atoms with Crippen molar-refractivity contribution in [3.05, 3.63) is 87.9 Å². The SMILES string of the molecule is CCOC(=O)C(=O)N(C)CCN1CCN(S(=O)(=O)c2cccc(C(F)(F)F)c2)c2cc(/C=C/c3c(Cl)cccc3C(F)(F)F)ccc21. The highest BCUT2D eigenvalue weighted by atomic mass is 35.5. The van der Waals surface area contributed by atoms with E-state index in [1.54, 1.807) is 11.8 Å². The van der Waals surface area contributed by atoms with Crippen LogP contribution in [-0.2, 0) is 36.7 Å². The van der Waals surface area contributed by atoms with Crippen LogP contribution in [0.15, 0.2) is 65.6 Å². The molecule has 1 heterocycles. The van der Waals surface area contributed by atoms with Gasteiger partial charge in [0.2, 0.25) is 0 Å². The molecule has 8 nitrogen and oxygen atoms in total. The molecule has 1 aliphatic heterocycles. The van der Waals surface area contributed by atoms with Gasteiger partial charge in [-0.25, -0.2) is 13.2 Å². The summed E-state index contributed by atoms with van der Waals surface area (Å²) in [5.74, 6) is -1.94. The second-order valence-electron chi connectivity index (χ2n) is 10.3. The monoisotopic (exact) mass is 703 g/mol. The zero-order valence-corrected chi connectivity index (χ0v) is 26.5. The number of hydrogen-bond acceptors (Lipinski definition) is 6. The molecule has 47 heavy (non-hydrogen) atoms. The number of hydrogen-bond donors (Lipinski definition) is 0. The third-order valence-corrected chi connectivity index (χ3v) is 9.37. The Labute approximate surface area is 271 Å². The molecule has 0 fully saturated rings. The van der Waals surface area contributed by atoms with E-state index in [1.807, 2.05) is 0 Å². The van der Waals surface area contributed by atoms with Gasteiger partial charge in [-0.05, 0) is 55.0 Å².